The first kappa shape index (κ1) is 46.3. The number of alkyl carbamates (subject to hydrolysis) is 1. The fraction of sp³-hybridized carbons (Fsp3) is 0.293. The number of pyridine rings is 2. The predicted octanol–water partition coefficient (Wildman–Crippen LogP) is 5.15. The summed E-state index contributed by atoms with van der Waals surface area (Å²) >= 11 is 0. The molecule has 0 bridgehead atoms. The number of hydrogen-bond donors (Lipinski definition) is 8. The van der Waals surface area contributed by atoms with Gasteiger partial charge in [-0.1, -0.05) is 26.0 Å². The van der Waals surface area contributed by atoms with E-state index < -0.39 is 35.1 Å². The molecule has 0 radical (unpaired) electrons. The number of nitrogens with zero attached hydrogens (tertiary/aromatic N) is 8. The maximum atomic E-state index is 14.8. The summed E-state index contributed by atoms with van der Waals surface area (Å²) in [6.45, 7) is 9.57. The predicted molar refractivity (Wildman–Crippen MR) is 233 cm³/mol. The van der Waals surface area contributed by atoms with Gasteiger partial charge in [-0.05, 0) is 82.1 Å². The van der Waals surface area contributed by atoms with Crippen LogP contribution in [0.4, 0.5) is 48.2 Å². The van der Waals surface area contributed by atoms with Crippen LogP contribution in [0.15, 0.2) is 85.5 Å². The number of benzene rings is 2. The fourth-order valence-corrected chi connectivity index (χ4v) is 5.67. The number of aromatic nitrogens is 8. The summed E-state index contributed by atoms with van der Waals surface area (Å²) in [7, 11) is 0. The molecule has 4 heterocycles. The Bertz CT molecular complexity index is 2480. The highest BCUT2D eigenvalue weighted by Crippen LogP contribution is 2.27. The smallest absolute Gasteiger partial charge is 0.407 e. The van der Waals surface area contributed by atoms with Crippen molar-refractivity contribution in [2.24, 2.45) is 17.2 Å². The van der Waals surface area contributed by atoms with E-state index in [0.717, 1.165) is 12.1 Å². The van der Waals surface area contributed by atoms with Crippen LogP contribution in [-0.4, -0.2) is 88.6 Å². The van der Waals surface area contributed by atoms with Crippen molar-refractivity contribution >= 4 is 52.6 Å². The van der Waals surface area contributed by atoms with E-state index in [4.69, 9.17) is 21.9 Å². The third-order valence-corrected chi connectivity index (χ3v) is 8.84. The Balaban J connectivity index is 0.000000243. The molecule has 0 unspecified atom stereocenters. The first-order chi connectivity index (χ1) is 30.1. The second-order valence-electron chi connectivity index (χ2n) is 14.8. The van der Waals surface area contributed by atoms with Crippen LogP contribution in [0, 0.1) is 11.6 Å². The Hall–Kier alpha value is -7.75. The molecular weight excluding hydrogens is 819 g/mol. The Labute approximate surface area is 361 Å². The SMILES string of the molecule is CC[C@H](CN)Nc1nc(Nc2cccc(-n3nccn3)c2)c(C(N)=O)cc1F.CC[C@H](CNC(=O)OC(C)(C)C)Nc1nc(Nc2cccc(-n3nccn3)c2)c(C(N)=O)cc1F. The minimum Gasteiger partial charge on any atom is -0.444 e. The number of ether oxygens (including phenoxy) is 1. The average molecular weight is 869 g/mol. The number of anilines is 6. The van der Waals surface area contributed by atoms with E-state index in [1.165, 1.54) is 9.59 Å². The molecule has 3 amide bonds. The average Bonchev–Trinajstić information content (AvgIpc) is 3.99. The van der Waals surface area contributed by atoms with Crippen molar-refractivity contribution in [3.05, 3.63) is 108 Å². The molecule has 4 aromatic heterocycles. The van der Waals surface area contributed by atoms with Gasteiger partial charge in [0.1, 0.15) is 17.2 Å². The maximum Gasteiger partial charge on any atom is 0.407 e. The van der Waals surface area contributed by atoms with Gasteiger partial charge in [-0.2, -0.15) is 30.0 Å². The van der Waals surface area contributed by atoms with Crippen LogP contribution in [0.25, 0.3) is 11.4 Å². The molecule has 0 aliphatic heterocycles. The van der Waals surface area contributed by atoms with E-state index >= 15 is 0 Å². The summed E-state index contributed by atoms with van der Waals surface area (Å²) in [5.74, 6) is -2.97. The molecule has 0 saturated heterocycles. The molecule has 6 rings (SSSR count). The van der Waals surface area contributed by atoms with Gasteiger partial charge in [0, 0.05) is 36.5 Å². The molecule has 0 aliphatic rings. The summed E-state index contributed by atoms with van der Waals surface area (Å²) in [5.41, 5.74) is 18.2. The van der Waals surface area contributed by atoms with Gasteiger partial charge >= 0.3 is 6.09 Å². The Morgan fingerprint density at radius 3 is 1.49 bits per heavy atom. The van der Waals surface area contributed by atoms with Crippen molar-refractivity contribution in [2.75, 3.05) is 34.4 Å². The normalized spacial score (nSPS) is 11.9. The van der Waals surface area contributed by atoms with E-state index in [9.17, 15) is 23.2 Å². The second kappa shape index (κ2) is 21.2. The lowest BCUT2D eigenvalue weighted by Gasteiger charge is -2.23. The van der Waals surface area contributed by atoms with Crippen LogP contribution in [0.2, 0.25) is 0 Å². The minimum atomic E-state index is -0.839. The Morgan fingerprint density at radius 1 is 0.683 bits per heavy atom. The number of amides is 3. The molecule has 0 saturated carbocycles. The van der Waals surface area contributed by atoms with Crippen molar-refractivity contribution in [1.29, 1.82) is 0 Å². The van der Waals surface area contributed by atoms with Crippen molar-refractivity contribution in [3.63, 3.8) is 0 Å². The van der Waals surface area contributed by atoms with Gasteiger partial charge in [-0.15, -0.1) is 0 Å². The number of carbonyl (C=O) groups is 3. The van der Waals surface area contributed by atoms with Crippen LogP contribution < -0.4 is 43.8 Å². The number of nitrogens with one attached hydrogen (secondary N) is 5. The molecule has 0 aliphatic carbocycles. The zero-order valence-electron chi connectivity index (χ0n) is 35.3. The molecule has 0 fully saturated rings. The van der Waals surface area contributed by atoms with Gasteiger partial charge in [0.25, 0.3) is 11.8 Å². The quantitative estimate of drug-likeness (QED) is 0.0588. The zero-order valence-corrected chi connectivity index (χ0v) is 35.3. The topological polar surface area (TPSA) is 286 Å². The van der Waals surface area contributed by atoms with Crippen molar-refractivity contribution in [1.82, 2.24) is 45.3 Å². The maximum absolute atomic E-state index is 14.8. The van der Waals surface area contributed by atoms with Gasteiger partial charge in [0.15, 0.2) is 23.3 Å². The van der Waals surface area contributed by atoms with E-state index in [-0.39, 0.29) is 53.0 Å². The van der Waals surface area contributed by atoms with Crippen molar-refractivity contribution in [3.8, 4) is 11.4 Å². The summed E-state index contributed by atoms with van der Waals surface area (Å²) in [6.07, 6.45) is 6.88. The number of nitrogens with two attached hydrogens (primary N) is 3. The molecule has 11 N–H and O–H groups in total. The molecule has 22 heteroatoms. The number of halogens is 2. The molecule has 332 valence electrons. The van der Waals surface area contributed by atoms with Crippen LogP contribution in [-0.2, 0) is 4.74 Å². The molecule has 20 nitrogen and oxygen atoms in total. The fourth-order valence-electron chi connectivity index (χ4n) is 5.67. The molecule has 63 heavy (non-hydrogen) atoms. The summed E-state index contributed by atoms with van der Waals surface area (Å²) in [6, 6.07) is 15.8. The van der Waals surface area contributed by atoms with Crippen molar-refractivity contribution in [2.45, 2.75) is 65.1 Å². The highest BCUT2D eigenvalue weighted by Gasteiger charge is 2.21. The lowest BCUT2D eigenvalue weighted by molar-refractivity contribution is 0.0525. The Kier molecular flexibility index (Phi) is 15.6. The van der Waals surface area contributed by atoms with Gasteiger partial charge < -0.3 is 48.5 Å². The monoisotopic (exact) mass is 868 g/mol. The molecule has 2 atom stereocenters. The summed E-state index contributed by atoms with van der Waals surface area (Å²) < 4.78 is 34.4. The molecule has 0 spiro atoms. The van der Waals surface area contributed by atoms with Gasteiger partial charge in [-0.3, -0.25) is 9.59 Å². The zero-order chi connectivity index (χ0) is 45.7. The highest BCUT2D eigenvalue weighted by molar-refractivity contribution is 5.99. The molecule has 2 aromatic carbocycles. The van der Waals surface area contributed by atoms with Gasteiger partial charge in [0.05, 0.1) is 47.3 Å². The number of hydrogen-bond acceptors (Lipinski definition) is 15. The summed E-state index contributed by atoms with van der Waals surface area (Å²) in [4.78, 5) is 47.1. The number of rotatable bonds is 17. The van der Waals surface area contributed by atoms with Crippen LogP contribution in [0.3, 0.4) is 0 Å². The summed E-state index contributed by atoms with van der Waals surface area (Å²) in [5, 5.41) is 30.9. The van der Waals surface area contributed by atoms with Crippen LogP contribution in [0.5, 0.6) is 0 Å². The largest absolute Gasteiger partial charge is 0.444 e. The number of carbonyl (C=O) groups excluding carboxylic acids is 3. The molecular formula is C41H50F2N16O4. The van der Waals surface area contributed by atoms with E-state index in [2.05, 4.69) is 56.9 Å². The highest BCUT2D eigenvalue weighted by atomic mass is 19.1. The van der Waals surface area contributed by atoms with E-state index in [0.29, 0.717) is 42.1 Å². The van der Waals surface area contributed by atoms with E-state index in [1.807, 2.05) is 19.9 Å². The standard InChI is InChI=1S/C23H29FN8O3.C18H21FN8O/c1-5-14(13-26-22(34)35-23(2,3)4)29-21-18(24)12-17(19(25)33)20(31-21)30-15-7-6-8-16(11-15)32-27-9-10-28-32;1-2-11(10-20)24-18-15(19)9-14(16(21)28)17(26-18)25-12-4-3-5-13(8-12)27-22-6-7-23-27/h6-12,14H,5,13H2,1-4H3,(H2,25,33)(H,26,34)(H2,29,30,31);3-9,11H,2,10,20H2,1H3,(H2,21,28)(H2,24,25,26)/t14-;11-/m11/s1. The minimum absolute atomic E-state index is 0.00491. The third-order valence-electron chi connectivity index (χ3n) is 8.84. The lowest BCUT2D eigenvalue weighted by Crippen LogP contribution is -2.39. The Morgan fingerprint density at radius 2 is 1.11 bits per heavy atom. The van der Waals surface area contributed by atoms with E-state index in [1.54, 1.807) is 88.0 Å². The second-order valence-corrected chi connectivity index (χ2v) is 14.8. The molecule has 6 aromatic rings. The first-order valence-electron chi connectivity index (χ1n) is 19.8. The van der Waals surface area contributed by atoms with Crippen LogP contribution in [0.1, 0.15) is 68.2 Å². The lowest BCUT2D eigenvalue weighted by atomic mass is 10.2. The van der Waals surface area contributed by atoms with Gasteiger partial charge in [-0.25, -0.2) is 23.5 Å². The van der Waals surface area contributed by atoms with Crippen LogP contribution >= 0.6 is 0 Å². The third kappa shape index (κ3) is 13.1. The van der Waals surface area contributed by atoms with Crippen molar-refractivity contribution < 1.29 is 27.9 Å². The van der Waals surface area contributed by atoms with Gasteiger partial charge in [0.2, 0.25) is 0 Å². The number of primary amides is 2. The first-order valence-corrected chi connectivity index (χ1v) is 19.8.